The number of pyridine rings is 1. The Morgan fingerprint density at radius 2 is 2.00 bits per heavy atom. The number of aromatic nitrogens is 3. The maximum absolute atomic E-state index is 12.0. The van der Waals surface area contributed by atoms with Crippen LogP contribution in [0.25, 0.3) is 6.08 Å². The molecule has 0 saturated carbocycles. The van der Waals surface area contributed by atoms with Gasteiger partial charge in [0.15, 0.2) is 0 Å². The minimum absolute atomic E-state index is 0.238. The normalized spacial score (nSPS) is 10.9. The molecular formula is C20H20N4O2. The monoisotopic (exact) mass is 348 g/mol. The number of aryl methyl sites for hydroxylation is 3. The molecule has 3 rings (SSSR count). The highest BCUT2D eigenvalue weighted by atomic mass is 16.5. The number of nitrogens with one attached hydrogen (secondary N) is 1. The summed E-state index contributed by atoms with van der Waals surface area (Å²) in [5.74, 6) is 0.965. The van der Waals surface area contributed by atoms with Gasteiger partial charge >= 0.3 is 0 Å². The zero-order valence-electron chi connectivity index (χ0n) is 14.9. The lowest BCUT2D eigenvalue weighted by molar-refractivity contribution is -0.111. The lowest BCUT2D eigenvalue weighted by Gasteiger charge is -2.08. The minimum Gasteiger partial charge on any atom is -0.439 e. The van der Waals surface area contributed by atoms with Crippen molar-refractivity contribution in [2.24, 2.45) is 7.05 Å². The van der Waals surface area contributed by atoms with Crippen LogP contribution in [0.1, 0.15) is 16.7 Å². The number of hydrogen-bond acceptors (Lipinski definition) is 4. The Kier molecular flexibility index (Phi) is 5.12. The fourth-order valence-corrected chi connectivity index (χ4v) is 2.29. The van der Waals surface area contributed by atoms with Gasteiger partial charge in [0.25, 0.3) is 0 Å². The van der Waals surface area contributed by atoms with Crippen molar-refractivity contribution in [3.8, 4) is 11.6 Å². The number of nitrogens with zero attached hydrogens (tertiary/aromatic N) is 3. The summed E-state index contributed by atoms with van der Waals surface area (Å²) < 4.78 is 7.41. The predicted octanol–water partition coefficient (Wildman–Crippen LogP) is 3.88. The number of hydrogen-bond donors (Lipinski definition) is 1. The van der Waals surface area contributed by atoms with Crippen molar-refractivity contribution in [3.05, 3.63) is 71.7 Å². The zero-order valence-corrected chi connectivity index (χ0v) is 14.9. The third-order valence-corrected chi connectivity index (χ3v) is 3.86. The molecule has 3 aromatic rings. The topological polar surface area (TPSA) is 69.0 Å². The maximum atomic E-state index is 12.0. The molecule has 0 aliphatic rings. The molecule has 2 heterocycles. The van der Waals surface area contributed by atoms with E-state index in [0.29, 0.717) is 11.6 Å². The summed E-state index contributed by atoms with van der Waals surface area (Å²) in [5.41, 5.74) is 3.82. The van der Waals surface area contributed by atoms with Crippen LogP contribution in [-0.2, 0) is 11.8 Å². The van der Waals surface area contributed by atoms with Gasteiger partial charge in [0.1, 0.15) is 5.75 Å². The van der Waals surface area contributed by atoms with Crippen molar-refractivity contribution in [1.82, 2.24) is 14.8 Å². The zero-order chi connectivity index (χ0) is 18.5. The van der Waals surface area contributed by atoms with Crippen LogP contribution >= 0.6 is 0 Å². The molecule has 6 nitrogen and oxygen atoms in total. The first-order valence-corrected chi connectivity index (χ1v) is 8.18. The predicted molar refractivity (Wildman–Crippen MR) is 101 cm³/mol. The molecule has 0 aliphatic carbocycles. The van der Waals surface area contributed by atoms with Crippen LogP contribution in [0.4, 0.5) is 5.69 Å². The van der Waals surface area contributed by atoms with Crippen LogP contribution in [0, 0.1) is 13.8 Å². The molecule has 0 saturated heterocycles. The summed E-state index contributed by atoms with van der Waals surface area (Å²) in [6.07, 6.45) is 8.23. The Balaban J connectivity index is 1.59. The third kappa shape index (κ3) is 4.57. The number of ether oxygens (including phenoxy) is 1. The van der Waals surface area contributed by atoms with E-state index in [2.05, 4.69) is 22.3 Å². The van der Waals surface area contributed by atoms with Crippen molar-refractivity contribution in [1.29, 1.82) is 0 Å². The second kappa shape index (κ2) is 7.65. The molecule has 0 fully saturated rings. The van der Waals surface area contributed by atoms with E-state index in [9.17, 15) is 4.79 Å². The van der Waals surface area contributed by atoms with Crippen LogP contribution < -0.4 is 10.1 Å². The molecule has 6 heteroatoms. The Morgan fingerprint density at radius 1 is 1.15 bits per heavy atom. The van der Waals surface area contributed by atoms with Crippen molar-refractivity contribution < 1.29 is 9.53 Å². The molecule has 2 aromatic heterocycles. The Bertz CT molecular complexity index is 943. The van der Waals surface area contributed by atoms with Gasteiger partial charge in [0, 0.05) is 31.0 Å². The summed E-state index contributed by atoms with van der Waals surface area (Å²) in [6, 6.07) is 9.35. The van der Waals surface area contributed by atoms with E-state index in [-0.39, 0.29) is 5.91 Å². The number of anilines is 1. The van der Waals surface area contributed by atoms with Crippen molar-refractivity contribution in [2.75, 3.05) is 5.32 Å². The number of amides is 1. The van der Waals surface area contributed by atoms with Gasteiger partial charge in [0.05, 0.1) is 18.1 Å². The standard InChI is InChI=1S/C20H20N4O2/c1-14-4-7-18(10-15(14)2)26-20-9-6-17(12-21-20)23-19(25)8-5-16-11-22-24(3)13-16/h4-13H,1-3H3,(H,23,25). The van der Waals surface area contributed by atoms with E-state index in [0.717, 1.165) is 16.9 Å². The van der Waals surface area contributed by atoms with E-state index in [4.69, 9.17) is 4.74 Å². The van der Waals surface area contributed by atoms with E-state index in [1.165, 1.54) is 11.6 Å². The van der Waals surface area contributed by atoms with E-state index in [1.54, 1.807) is 35.3 Å². The molecule has 0 atom stereocenters. The van der Waals surface area contributed by atoms with Gasteiger partial charge in [-0.15, -0.1) is 0 Å². The molecule has 1 N–H and O–H groups in total. The second-order valence-electron chi connectivity index (χ2n) is 6.00. The Labute approximate surface area is 152 Å². The summed E-state index contributed by atoms with van der Waals surface area (Å²) in [4.78, 5) is 16.2. The summed E-state index contributed by atoms with van der Waals surface area (Å²) >= 11 is 0. The van der Waals surface area contributed by atoms with E-state index >= 15 is 0 Å². The van der Waals surface area contributed by atoms with Crippen molar-refractivity contribution >= 4 is 17.7 Å². The summed E-state index contributed by atoms with van der Waals surface area (Å²) in [6.45, 7) is 4.09. The van der Waals surface area contributed by atoms with E-state index in [1.807, 2.05) is 38.4 Å². The molecule has 0 aliphatic heterocycles. The number of rotatable bonds is 5. The molecule has 132 valence electrons. The van der Waals surface area contributed by atoms with E-state index < -0.39 is 0 Å². The van der Waals surface area contributed by atoms with Crippen molar-refractivity contribution in [3.63, 3.8) is 0 Å². The fourth-order valence-electron chi connectivity index (χ4n) is 2.29. The quantitative estimate of drug-likeness (QED) is 0.711. The minimum atomic E-state index is -0.238. The lowest BCUT2D eigenvalue weighted by Crippen LogP contribution is -2.07. The van der Waals surface area contributed by atoms with Gasteiger partial charge in [0.2, 0.25) is 11.8 Å². The van der Waals surface area contributed by atoms with Gasteiger partial charge in [-0.2, -0.15) is 5.10 Å². The van der Waals surface area contributed by atoms with Crippen LogP contribution in [0.15, 0.2) is 55.0 Å². The first-order valence-electron chi connectivity index (χ1n) is 8.18. The number of carbonyl (C=O) groups excluding carboxylic acids is 1. The first kappa shape index (κ1) is 17.4. The fraction of sp³-hybridized carbons (Fsp3) is 0.150. The highest BCUT2D eigenvalue weighted by Crippen LogP contribution is 2.22. The highest BCUT2D eigenvalue weighted by Gasteiger charge is 2.03. The van der Waals surface area contributed by atoms with Crippen LogP contribution in [0.2, 0.25) is 0 Å². The molecule has 0 spiro atoms. The molecule has 1 amide bonds. The number of benzene rings is 1. The Hall–Kier alpha value is -3.41. The molecule has 26 heavy (non-hydrogen) atoms. The number of carbonyl (C=O) groups is 1. The maximum Gasteiger partial charge on any atom is 0.248 e. The van der Waals surface area contributed by atoms with Gasteiger partial charge in [-0.3, -0.25) is 9.48 Å². The van der Waals surface area contributed by atoms with Crippen LogP contribution in [0.5, 0.6) is 11.6 Å². The largest absolute Gasteiger partial charge is 0.439 e. The second-order valence-corrected chi connectivity index (χ2v) is 6.00. The average Bonchev–Trinajstić information content (AvgIpc) is 3.04. The van der Waals surface area contributed by atoms with Gasteiger partial charge < -0.3 is 10.1 Å². The molecular weight excluding hydrogens is 328 g/mol. The third-order valence-electron chi connectivity index (χ3n) is 3.86. The van der Waals surface area contributed by atoms with Gasteiger partial charge in [-0.05, 0) is 49.2 Å². The Morgan fingerprint density at radius 3 is 2.65 bits per heavy atom. The first-order chi connectivity index (χ1) is 12.5. The smallest absolute Gasteiger partial charge is 0.248 e. The van der Waals surface area contributed by atoms with Crippen LogP contribution in [-0.4, -0.2) is 20.7 Å². The molecule has 0 radical (unpaired) electrons. The molecule has 0 bridgehead atoms. The average molecular weight is 348 g/mol. The highest BCUT2D eigenvalue weighted by molar-refractivity contribution is 6.01. The summed E-state index contributed by atoms with van der Waals surface area (Å²) in [7, 11) is 1.82. The van der Waals surface area contributed by atoms with Crippen LogP contribution in [0.3, 0.4) is 0 Å². The summed E-state index contributed by atoms with van der Waals surface area (Å²) in [5, 5.41) is 6.80. The molecule has 0 unspecified atom stereocenters. The molecule has 1 aromatic carbocycles. The SMILES string of the molecule is Cc1ccc(Oc2ccc(NC(=O)C=Cc3cnn(C)c3)cn2)cc1C. The lowest BCUT2D eigenvalue weighted by atomic mass is 10.1. The van der Waals surface area contributed by atoms with Gasteiger partial charge in [-0.25, -0.2) is 4.98 Å². The van der Waals surface area contributed by atoms with Crippen molar-refractivity contribution in [2.45, 2.75) is 13.8 Å². The van der Waals surface area contributed by atoms with Gasteiger partial charge in [-0.1, -0.05) is 6.07 Å².